The molecule has 2 aromatic carbocycles. The first-order valence-corrected chi connectivity index (χ1v) is 9.37. The minimum Gasteiger partial charge on any atom is -0.493 e. The first kappa shape index (κ1) is 18.9. The lowest BCUT2D eigenvalue weighted by Gasteiger charge is -2.31. The van der Waals surface area contributed by atoms with Gasteiger partial charge in [0.1, 0.15) is 5.75 Å². The summed E-state index contributed by atoms with van der Waals surface area (Å²) in [7, 11) is 0. The summed E-state index contributed by atoms with van der Waals surface area (Å²) in [6.45, 7) is 4.53. The molecule has 0 saturated heterocycles. The molecule has 0 aliphatic carbocycles. The highest BCUT2D eigenvalue weighted by Gasteiger charge is 2.31. The van der Waals surface area contributed by atoms with Crippen molar-refractivity contribution >= 4 is 28.9 Å². The van der Waals surface area contributed by atoms with E-state index in [4.69, 9.17) is 17.0 Å². The first-order valence-electron chi connectivity index (χ1n) is 8.96. The lowest BCUT2D eigenvalue weighted by atomic mass is 9.94. The normalized spacial score (nSPS) is 16.4. The van der Waals surface area contributed by atoms with Gasteiger partial charge in [0.05, 0.1) is 18.2 Å². The molecule has 1 aliphatic heterocycles. The van der Waals surface area contributed by atoms with Crippen LogP contribution in [-0.2, 0) is 4.79 Å². The van der Waals surface area contributed by atoms with Crippen molar-refractivity contribution in [2.45, 2.75) is 26.3 Å². The molecule has 140 valence electrons. The fourth-order valence-corrected chi connectivity index (χ4v) is 3.28. The Bertz CT molecular complexity index is 865. The number of para-hydroxylation sites is 2. The van der Waals surface area contributed by atoms with Crippen molar-refractivity contribution in [1.82, 2.24) is 10.6 Å². The van der Waals surface area contributed by atoms with Crippen LogP contribution in [0, 0.1) is 0 Å². The molecule has 2 aromatic rings. The molecule has 1 aliphatic rings. The van der Waals surface area contributed by atoms with E-state index in [1.165, 1.54) is 0 Å². The molecule has 0 aromatic heterocycles. The minimum absolute atomic E-state index is 0.184. The van der Waals surface area contributed by atoms with Gasteiger partial charge < -0.3 is 20.7 Å². The summed E-state index contributed by atoms with van der Waals surface area (Å²) in [4.78, 5) is 13.1. The third-order valence-corrected chi connectivity index (χ3v) is 4.46. The van der Waals surface area contributed by atoms with E-state index in [1.807, 2.05) is 61.5 Å². The summed E-state index contributed by atoms with van der Waals surface area (Å²) in [5, 5.41) is 9.72. The van der Waals surface area contributed by atoms with Gasteiger partial charge in [0.2, 0.25) is 0 Å². The van der Waals surface area contributed by atoms with Gasteiger partial charge >= 0.3 is 0 Å². The third kappa shape index (κ3) is 4.46. The van der Waals surface area contributed by atoms with Crippen LogP contribution in [-0.4, -0.2) is 17.6 Å². The summed E-state index contributed by atoms with van der Waals surface area (Å²) in [6.07, 6.45) is 0.905. The lowest BCUT2D eigenvalue weighted by Crippen LogP contribution is -2.45. The maximum absolute atomic E-state index is 13.1. The van der Waals surface area contributed by atoms with E-state index in [1.54, 1.807) is 0 Å². The predicted octanol–water partition coefficient (Wildman–Crippen LogP) is 3.91. The zero-order valence-electron chi connectivity index (χ0n) is 15.4. The molecule has 27 heavy (non-hydrogen) atoms. The number of thiocarbonyl (C=S) groups is 1. The van der Waals surface area contributed by atoms with Gasteiger partial charge in [-0.05, 0) is 43.8 Å². The minimum atomic E-state index is -0.393. The van der Waals surface area contributed by atoms with E-state index < -0.39 is 6.04 Å². The van der Waals surface area contributed by atoms with Gasteiger partial charge in [0, 0.05) is 16.9 Å². The number of nitrogens with one attached hydrogen (secondary N) is 3. The van der Waals surface area contributed by atoms with Crippen LogP contribution in [0.2, 0.25) is 0 Å². The van der Waals surface area contributed by atoms with Crippen LogP contribution in [0.5, 0.6) is 5.75 Å². The number of rotatable bonds is 6. The van der Waals surface area contributed by atoms with Crippen LogP contribution in [0.15, 0.2) is 65.9 Å². The molecule has 0 bridgehead atoms. The van der Waals surface area contributed by atoms with Crippen molar-refractivity contribution in [3.05, 3.63) is 71.4 Å². The summed E-state index contributed by atoms with van der Waals surface area (Å²) in [5.41, 5.74) is 2.93. The third-order valence-electron chi connectivity index (χ3n) is 4.24. The predicted molar refractivity (Wildman–Crippen MR) is 112 cm³/mol. The average Bonchev–Trinajstić information content (AvgIpc) is 2.66. The Labute approximate surface area is 164 Å². The number of anilines is 1. The number of carbonyl (C=O) groups is 1. The maximum atomic E-state index is 13.1. The van der Waals surface area contributed by atoms with Gasteiger partial charge in [0.15, 0.2) is 5.11 Å². The number of ether oxygens (including phenoxy) is 1. The van der Waals surface area contributed by atoms with Gasteiger partial charge in [-0.25, -0.2) is 0 Å². The summed E-state index contributed by atoms with van der Waals surface area (Å²) >= 11 is 5.33. The highest BCUT2D eigenvalue weighted by molar-refractivity contribution is 7.80. The average molecular weight is 382 g/mol. The van der Waals surface area contributed by atoms with Crippen molar-refractivity contribution in [3.63, 3.8) is 0 Å². The van der Waals surface area contributed by atoms with E-state index in [0.29, 0.717) is 17.3 Å². The topological polar surface area (TPSA) is 62.4 Å². The largest absolute Gasteiger partial charge is 0.493 e. The molecule has 0 fully saturated rings. The van der Waals surface area contributed by atoms with E-state index >= 15 is 0 Å². The Balaban J connectivity index is 1.96. The molecule has 1 atom stereocenters. The van der Waals surface area contributed by atoms with E-state index in [2.05, 4.69) is 22.9 Å². The number of hydrogen-bond donors (Lipinski definition) is 3. The molecule has 0 radical (unpaired) electrons. The van der Waals surface area contributed by atoms with E-state index in [9.17, 15) is 4.79 Å². The van der Waals surface area contributed by atoms with Crippen molar-refractivity contribution in [2.75, 3.05) is 11.9 Å². The molecular formula is C21H23N3O2S. The molecule has 6 heteroatoms. The van der Waals surface area contributed by atoms with Gasteiger partial charge in [-0.2, -0.15) is 0 Å². The Morgan fingerprint density at radius 3 is 2.59 bits per heavy atom. The quantitative estimate of drug-likeness (QED) is 0.663. The van der Waals surface area contributed by atoms with E-state index in [0.717, 1.165) is 29.1 Å². The number of benzene rings is 2. The van der Waals surface area contributed by atoms with Gasteiger partial charge in [-0.3, -0.25) is 4.79 Å². The van der Waals surface area contributed by atoms with Crippen molar-refractivity contribution < 1.29 is 9.53 Å². The monoisotopic (exact) mass is 381 g/mol. The van der Waals surface area contributed by atoms with Gasteiger partial charge in [-0.15, -0.1) is 0 Å². The van der Waals surface area contributed by atoms with Crippen LogP contribution in [0.1, 0.15) is 31.9 Å². The van der Waals surface area contributed by atoms with Gasteiger partial charge in [-0.1, -0.05) is 43.3 Å². The zero-order chi connectivity index (χ0) is 19.2. The highest BCUT2D eigenvalue weighted by atomic mass is 32.1. The zero-order valence-corrected chi connectivity index (χ0v) is 16.2. The molecule has 5 nitrogen and oxygen atoms in total. The molecule has 0 spiro atoms. The number of carbonyl (C=O) groups excluding carboxylic acids is 1. The van der Waals surface area contributed by atoms with Crippen LogP contribution in [0.4, 0.5) is 5.69 Å². The molecule has 0 saturated carbocycles. The lowest BCUT2D eigenvalue weighted by molar-refractivity contribution is -0.113. The SMILES string of the molecule is CCCOc1ccccc1C1NC(=S)NC(C)=C1C(=O)Nc1ccccc1. The first-order chi connectivity index (χ1) is 13.1. The Hall–Kier alpha value is -2.86. The fraction of sp³-hybridized carbons (Fsp3) is 0.238. The van der Waals surface area contributed by atoms with Crippen LogP contribution in [0.25, 0.3) is 0 Å². The van der Waals surface area contributed by atoms with Crippen molar-refractivity contribution in [2.24, 2.45) is 0 Å². The number of amides is 1. The van der Waals surface area contributed by atoms with Gasteiger partial charge in [0.25, 0.3) is 5.91 Å². The molecule has 3 rings (SSSR count). The van der Waals surface area contributed by atoms with E-state index in [-0.39, 0.29) is 5.91 Å². The Morgan fingerprint density at radius 1 is 1.15 bits per heavy atom. The molecule has 1 amide bonds. The Morgan fingerprint density at radius 2 is 1.85 bits per heavy atom. The molecule has 3 N–H and O–H groups in total. The molecular weight excluding hydrogens is 358 g/mol. The Kier molecular flexibility index (Phi) is 6.08. The maximum Gasteiger partial charge on any atom is 0.255 e. The number of allylic oxidation sites excluding steroid dienone is 1. The standard InChI is InChI=1S/C21H23N3O2S/c1-3-13-26-17-12-8-7-11-16(17)19-18(14(2)22-21(27)24-19)20(25)23-15-9-5-4-6-10-15/h4-12,19H,3,13H2,1-2H3,(H,23,25)(H2,22,24,27). The van der Waals surface area contributed by atoms with Crippen molar-refractivity contribution in [1.29, 1.82) is 0 Å². The summed E-state index contributed by atoms with van der Waals surface area (Å²) < 4.78 is 5.90. The van der Waals surface area contributed by atoms with Crippen molar-refractivity contribution in [3.8, 4) is 5.75 Å². The summed E-state index contributed by atoms with van der Waals surface area (Å²) in [5.74, 6) is 0.566. The second-order valence-electron chi connectivity index (χ2n) is 6.28. The highest BCUT2D eigenvalue weighted by Crippen LogP contribution is 2.33. The van der Waals surface area contributed by atoms with Crippen LogP contribution in [0.3, 0.4) is 0 Å². The smallest absolute Gasteiger partial charge is 0.255 e. The second kappa shape index (κ2) is 8.68. The van der Waals surface area contributed by atoms with Crippen LogP contribution < -0.4 is 20.7 Å². The molecule has 1 heterocycles. The fourth-order valence-electron chi connectivity index (χ4n) is 3.01. The molecule has 1 unspecified atom stereocenters. The van der Waals surface area contributed by atoms with Crippen LogP contribution >= 0.6 is 12.2 Å². The summed E-state index contributed by atoms with van der Waals surface area (Å²) in [6, 6.07) is 16.7. The number of hydrogen-bond acceptors (Lipinski definition) is 3. The second-order valence-corrected chi connectivity index (χ2v) is 6.68.